The monoisotopic (exact) mass is 424 g/mol. The Hall–Kier alpha value is -2.74. The van der Waals surface area contributed by atoms with Crippen LogP contribution in [0.2, 0.25) is 0 Å². The molecule has 3 amide bonds. The highest BCUT2D eigenvalue weighted by Gasteiger charge is 2.39. The number of amides is 3. The topological polar surface area (TPSA) is 73.8 Å². The molecule has 0 bridgehead atoms. The van der Waals surface area contributed by atoms with E-state index in [-0.39, 0.29) is 24.3 Å². The fourth-order valence-electron chi connectivity index (χ4n) is 4.24. The smallest absolute Gasteiger partial charge is 0.273 e. The largest absolute Gasteiger partial charge is 0.332 e. The van der Waals surface area contributed by atoms with Crippen LogP contribution in [0.15, 0.2) is 18.3 Å². The van der Waals surface area contributed by atoms with Gasteiger partial charge in [0.1, 0.15) is 17.2 Å². The molecule has 4 heterocycles. The van der Waals surface area contributed by atoms with E-state index in [1.165, 1.54) is 16.2 Å². The minimum atomic E-state index is -0.0884. The third-order valence-electron chi connectivity index (χ3n) is 6.15. The lowest BCUT2D eigenvalue weighted by molar-refractivity contribution is -0.119. The first kappa shape index (κ1) is 19.2. The molecule has 0 radical (unpaired) electrons. The molecule has 30 heavy (non-hydrogen) atoms. The normalized spacial score (nSPS) is 18.9. The number of carbonyl (C=O) groups excluding carboxylic acids is 3. The minimum Gasteiger partial charge on any atom is -0.332 e. The fraction of sp³-hybridized carbons (Fsp3) is 0.455. The van der Waals surface area contributed by atoms with Crippen LogP contribution in [0.5, 0.6) is 0 Å². The summed E-state index contributed by atoms with van der Waals surface area (Å²) < 4.78 is 0. The first-order valence-electron chi connectivity index (χ1n) is 10.3. The second-order valence-corrected chi connectivity index (χ2v) is 9.52. The number of hydrogen-bond donors (Lipinski definition) is 0. The molecule has 7 nitrogen and oxygen atoms in total. The van der Waals surface area contributed by atoms with Crippen molar-refractivity contribution in [2.24, 2.45) is 5.92 Å². The van der Waals surface area contributed by atoms with Gasteiger partial charge in [0.15, 0.2) is 0 Å². The van der Waals surface area contributed by atoms with Crippen LogP contribution < -0.4 is 4.90 Å². The van der Waals surface area contributed by atoms with Crippen LogP contribution in [0.25, 0.3) is 0 Å². The van der Waals surface area contributed by atoms with Crippen molar-refractivity contribution in [1.82, 2.24) is 14.8 Å². The lowest BCUT2D eigenvalue weighted by Gasteiger charge is -2.27. The van der Waals surface area contributed by atoms with E-state index in [9.17, 15) is 14.4 Å². The molecule has 2 aromatic heterocycles. The number of pyridine rings is 1. The number of aromatic nitrogens is 1. The summed E-state index contributed by atoms with van der Waals surface area (Å²) in [6, 6.07) is 3.71. The zero-order chi connectivity index (χ0) is 21.0. The molecule has 2 aliphatic heterocycles. The molecule has 0 unspecified atom stereocenters. The second kappa shape index (κ2) is 7.19. The number of hydrogen-bond acceptors (Lipinski definition) is 5. The van der Waals surface area contributed by atoms with Crippen LogP contribution in [0.4, 0.5) is 5.00 Å². The lowest BCUT2D eigenvalue weighted by Crippen LogP contribution is -2.39. The predicted molar refractivity (Wildman–Crippen MR) is 114 cm³/mol. The van der Waals surface area contributed by atoms with Crippen LogP contribution in [0, 0.1) is 12.8 Å². The molecule has 156 valence electrons. The average Bonchev–Trinajstić information content (AvgIpc) is 3.49. The summed E-state index contributed by atoms with van der Waals surface area (Å²) in [4.78, 5) is 49.4. The molecule has 8 heteroatoms. The maximum absolute atomic E-state index is 13.1. The Bertz CT molecular complexity index is 1060. The molecule has 2 aromatic rings. The number of anilines is 1. The Labute approximate surface area is 179 Å². The summed E-state index contributed by atoms with van der Waals surface area (Å²) in [6.45, 7) is 3.68. The van der Waals surface area contributed by atoms with Gasteiger partial charge >= 0.3 is 0 Å². The predicted octanol–water partition coefficient (Wildman–Crippen LogP) is 2.48. The van der Waals surface area contributed by atoms with E-state index in [1.54, 1.807) is 18.1 Å². The van der Waals surface area contributed by atoms with E-state index >= 15 is 0 Å². The summed E-state index contributed by atoms with van der Waals surface area (Å²) >= 11 is 1.50. The first-order chi connectivity index (χ1) is 14.4. The molecular formula is C22H24N4O3S. The van der Waals surface area contributed by atoms with E-state index in [0.717, 1.165) is 33.8 Å². The highest BCUT2D eigenvalue weighted by Crippen LogP contribution is 2.43. The van der Waals surface area contributed by atoms with Gasteiger partial charge in [-0.2, -0.15) is 0 Å². The Morgan fingerprint density at radius 3 is 2.80 bits per heavy atom. The fourth-order valence-corrected chi connectivity index (χ4v) is 5.62. The highest BCUT2D eigenvalue weighted by molar-refractivity contribution is 7.17. The maximum Gasteiger partial charge on any atom is 0.273 e. The zero-order valence-electron chi connectivity index (χ0n) is 17.2. The molecule has 1 aliphatic carbocycles. The van der Waals surface area contributed by atoms with Crippen LogP contribution in [-0.4, -0.2) is 59.2 Å². The van der Waals surface area contributed by atoms with E-state index in [1.807, 2.05) is 24.0 Å². The molecule has 5 rings (SSSR count). The Morgan fingerprint density at radius 2 is 2.07 bits per heavy atom. The average molecular weight is 425 g/mol. The molecule has 0 saturated heterocycles. The second-order valence-electron chi connectivity index (χ2n) is 8.44. The first-order valence-corrected chi connectivity index (χ1v) is 11.2. The molecule has 1 fully saturated rings. The van der Waals surface area contributed by atoms with Crippen molar-refractivity contribution in [3.8, 4) is 0 Å². The van der Waals surface area contributed by atoms with Gasteiger partial charge in [-0.1, -0.05) is 6.07 Å². The van der Waals surface area contributed by atoms with Gasteiger partial charge in [-0.3, -0.25) is 19.4 Å². The van der Waals surface area contributed by atoms with Crippen LogP contribution in [-0.2, 0) is 17.8 Å². The van der Waals surface area contributed by atoms with Gasteiger partial charge in [-0.05, 0) is 49.3 Å². The summed E-state index contributed by atoms with van der Waals surface area (Å²) in [7, 11) is 1.69. The third kappa shape index (κ3) is 3.19. The Morgan fingerprint density at radius 1 is 1.27 bits per heavy atom. The highest BCUT2D eigenvalue weighted by atomic mass is 32.1. The summed E-state index contributed by atoms with van der Waals surface area (Å²) in [5.41, 5.74) is 3.00. The molecule has 0 N–H and O–H groups in total. The van der Waals surface area contributed by atoms with Gasteiger partial charge in [0.2, 0.25) is 5.91 Å². The molecule has 0 atom stereocenters. The number of carbonyl (C=O) groups is 3. The van der Waals surface area contributed by atoms with Crippen molar-refractivity contribution in [3.05, 3.63) is 45.6 Å². The maximum atomic E-state index is 13.1. The van der Waals surface area contributed by atoms with E-state index in [2.05, 4.69) is 4.98 Å². The number of fused-ring (bicyclic) bond motifs is 3. The van der Waals surface area contributed by atoms with Gasteiger partial charge in [-0.25, -0.2) is 0 Å². The van der Waals surface area contributed by atoms with Crippen molar-refractivity contribution < 1.29 is 14.4 Å². The van der Waals surface area contributed by atoms with Crippen LogP contribution in [0.1, 0.15) is 49.7 Å². The van der Waals surface area contributed by atoms with Gasteiger partial charge in [0, 0.05) is 31.2 Å². The number of nitrogens with zero attached hydrogens (tertiary/aromatic N) is 4. The Balaban J connectivity index is 1.50. The van der Waals surface area contributed by atoms with E-state index in [0.29, 0.717) is 43.2 Å². The number of likely N-dealkylation sites (N-methyl/N-ethyl adjacent to an activating group) is 1. The molecule has 0 spiro atoms. The van der Waals surface area contributed by atoms with Crippen LogP contribution in [0.3, 0.4) is 0 Å². The molecular weight excluding hydrogens is 400 g/mol. The standard InChI is InChI=1S/C22H24N4O3S/c1-13-4-3-8-23-19(13)21(29)25-9-7-15-16(11-25)30-22-18(15)20(28)24(2)12-17(27)26(22)10-14-5-6-14/h3-4,8,14H,5-7,9-12H2,1-2H3. The van der Waals surface area contributed by atoms with Crippen molar-refractivity contribution in [2.75, 3.05) is 31.6 Å². The lowest BCUT2D eigenvalue weighted by atomic mass is 10.0. The quantitative estimate of drug-likeness (QED) is 0.759. The van der Waals surface area contributed by atoms with E-state index in [4.69, 9.17) is 0 Å². The Kier molecular flexibility index (Phi) is 4.61. The van der Waals surface area contributed by atoms with E-state index < -0.39 is 0 Å². The number of aryl methyl sites for hydroxylation is 1. The summed E-state index contributed by atoms with van der Waals surface area (Å²) in [6.07, 6.45) is 4.53. The molecule has 3 aliphatic rings. The van der Waals surface area contributed by atoms with Crippen molar-refractivity contribution >= 4 is 34.1 Å². The third-order valence-corrected chi connectivity index (χ3v) is 7.39. The van der Waals surface area contributed by atoms with Gasteiger partial charge in [-0.15, -0.1) is 11.3 Å². The zero-order valence-corrected chi connectivity index (χ0v) is 18.0. The van der Waals surface area contributed by atoms with Gasteiger partial charge < -0.3 is 14.7 Å². The number of thiophene rings is 1. The molecule has 0 aromatic carbocycles. The van der Waals surface area contributed by atoms with Gasteiger partial charge in [0.25, 0.3) is 11.8 Å². The van der Waals surface area contributed by atoms with Crippen molar-refractivity contribution in [3.63, 3.8) is 0 Å². The van der Waals surface area contributed by atoms with Gasteiger partial charge in [0.05, 0.1) is 12.1 Å². The number of rotatable bonds is 3. The summed E-state index contributed by atoms with van der Waals surface area (Å²) in [5.74, 6) is 0.336. The molecule has 1 saturated carbocycles. The SMILES string of the molecule is Cc1cccnc1C(=O)N1CCc2c(sc3c2C(=O)N(C)CC(=O)N3CC2CC2)C1. The van der Waals surface area contributed by atoms with Crippen LogP contribution >= 0.6 is 11.3 Å². The van der Waals surface area contributed by atoms with Crippen molar-refractivity contribution in [2.45, 2.75) is 32.7 Å². The minimum absolute atomic E-state index is 0.0212. The van der Waals surface area contributed by atoms with Crippen molar-refractivity contribution in [1.29, 1.82) is 0 Å². The summed E-state index contributed by atoms with van der Waals surface area (Å²) in [5, 5.41) is 0.773.